The smallest absolute Gasteiger partial charge is 0.0772 e. The molecule has 60 valence electrons. The zero-order chi connectivity index (χ0) is 7.61. The number of nitrogens with two attached hydrogens (primary N) is 1. The zero-order valence-corrected chi connectivity index (χ0v) is 6.64. The fourth-order valence-electron chi connectivity index (χ4n) is 1.82. The molecule has 3 N–H and O–H groups in total. The van der Waals surface area contributed by atoms with Crippen LogP contribution in [0.1, 0.15) is 32.6 Å². The van der Waals surface area contributed by atoms with Crippen molar-refractivity contribution in [3.05, 3.63) is 0 Å². The molecule has 1 fully saturated rings. The molecule has 2 atom stereocenters. The molecule has 1 saturated carbocycles. The van der Waals surface area contributed by atoms with Crippen molar-refractivity contribution in [1.29, 1.82) is 0 Å². The van der Waals surface area contributed by atoms with E-state index >= 15 is 0 Å². The Bertz CT molecular complexity index is 116. The van der Waals surface area contributed by atoms with Crippen LogP contribution in [0.5, 0.6) is 0 Å². The topological polar surface area (TPSA) is 46.2 Å². The lowest BCUT2D eigenvalue weighted by Crippen LogP contribution is -2.41. The van der Waals surface area contributed by atoms with Gasteiger partial charge in [-0.25, -0.2) is 0 Å². The van der Waals surface area contributed by atoms with E-state index < -0.39 is 5.60 Å². The van der Waals surface area contributed by atoms with Crippen molar-refractivity contribution in [1.82, 2.24) is 0 Å². The molecule has 0 spiro atoms. The van der Waals surface area contributed by atoms with E-state index in [0.717, 1.165) is 19.3 Å². The van der Waals surface area contributed by atoms with Gasteiger partial charge in [0.25, 0.3) is 0 Å². The molecule has 0 bridgehead atoms. The van der Waals surface area contributed by atoms with Gasteiger partial charge in [0, 0.05) is 6.54 Å². The summed E-state index contributed by atoms with van der Waals surface area (Å²) in [5.74, 6) is 0.655. The van der Waals surface area contributed by atoms with Crippen LogP contribution in [0.25, 0.3) is 0 Å². The molecule has 0 amide bonds. The molecule has 1 aliphatic carbocycles. The average Bonchev–Trinajstić information content (AvgIpc) is 1.88. The summed E-state index contributed by atoms with van der Waals surface area (Å²) in [6.45, 7) is 2.61. The molecule has 0 aliphatic heterocycles. The molecule has 2 heteroatoms. The van der Waals surface area contributed by atoms with Crippen molar-refractivity contribution >= 4 is 0 Å². The van der Waals surface area contributed by atoms with E-state index in [1.807, 2.05) is 0 Å². The fraction of sp³-hybridized carbons (Fsp3) is 1.00. The summed E-state index contributed by atoms with van der Waals surface area (Å²) in [6.07, 6.45) is 4.18. The molecule has 0 aromatic rings. The van der Waals surface area contributed by atoms with Crippen molar-refractivity contribution in [3.63, 3.8) is 0 Å². The van der Waals surface area contributed by atoms with Crippen molar-refractivity contribution in [2.24, 2.45) is 11.7 Å². The molecule has 2 nitrogen and oxygen atoms in total. The van der Waals surface area contributed by atoms with Gasteiger partial charge in [0.1, 0.15) is 0 Å². The van der Waals surface area contributed by atoms with E-state index in [1.54, 1.807) is 0 Å². The van der Waals surface area contributed by atoms with Gasteiger partial charge in [0.05, 0.1) is 5.60 Å². The van der Waals surface area contributed by atoms with Crippen LogP contribution in [0.4, 0.5) is 0 Å². The Labute approximate surface area is 62.4 Å². The highest BCUT2D eigenvalue weighted by molar-refractivity contribution is 4.85. The lowest BCUT2D eigenvalue weighted by Gasteiger charge is -2.34. The standard InChI is InChI=1S/C8H17NO/c1-7-3-2-4-8(10,5-7)6-9/h7,10H,2-6,9H2,1H3/t7-,8+/m0/s1. The Morgan fingerprint density at radius 3 is 2.80 bits per heavy atom. The first kappa shape index (κ1) is 8.02. The quantitative estimate of drug-likeness (QED) is 0.572. The van der Waals surface area contributed by atoms with Gasteiger partial charge in [-0.05, 0) is 18.8 Å². The molecule has 1 aliphatic rings. The normalized spacial score (nSPS) is 41.7. The van der Waals surface area contributed by atoms with Gasteiger partial charge in [-0.15, -0.1) is 0 Å². The number of aliphatic hydroxyl groups is 1. The van der Waals surface area contributed by atoms with Crippen LogP contribution in [-0.2, 0) is 0 Å². The van der Waals surface area contributed by atoms with E-state index in [1.165, 1.54) is 6.42 Å². The summed E-state index contributed by atoms with van der Waals surface area (Å²) < 4.78 is 0. The van der Waals surface area contributed by atoms with Crippen molar-refractivity contribution in [2.75, 3.05) is 6.54 Å². The minimum Gasteiger partial charge on any atom is -0.389 e. The Morgan fingerprint density at radius 2 is 2.40 bits per heavy atom. The van der Waals surface area contributed by atoms with Gasteiger partial charge < -0.3 is 10.8 Å². The summed E-state index contributed by atoms with van der Waals surface area (Å²) in [5.41, 5.74) is 4.92. The molecule has 0 unspecified atom stereocenters. The third-order valence-electron chi connectivity index (χ3n) is 2.45. The molecular weight excluding hydrogens is 126 g/mol. The Kier molecular flexibility index (Phi) is 2.32. The molecule has 0 heterocycles. The maximum absolute atomic E-state index is 9.73. The van der Waals surface area contributed by atoms with Crippen LogP contribution in [0.2, 0.25) is 0 Å². The van der Waals surface area contributed by atoms with Crippen LogP contribution in [0, 0.1) is 5.92 Å². The molecule has 0 saturated heterocycles. The van der Waals surface area contributed by atoms with Crippen molar-refractivity contribution in [2.45, 2.75) is 38.2 Å². The summed E-state index contributed by atoms with van der Waals surface area (Å²) >= 11 is 0. The van der Waals surface area contributed by atoms with Gasteiger partial charge in [-0.2, -0.15) is 0 Å². The first-order valence-corrected chi connectivity index (χ1v) is 4.09. The van der Waals surface area contributed by atoms with Gasteiger partial charge in [0.2, 0.25) is 0 Å². The maximum atomic E-state index is 9.73. The van der Waals surface area contributed by atoms with E-state index in [-0.39, 0.29) is 0 Å². The van der Waals surface area contributed by atoms with E-state index in [2.05, 4.69) is 6.92 Å². The second-order valence-corrected chi connectivity index (χ2v) is 3.63. The van der Waals surface area contributed by atoms with E-state index in [9.17, 15) is 5.11 Å². The van der Waals surface area contributed by atoms with Crippen LogP contribution < -0.4 is 5.73 Å². The predicted octanol–water partition coefficient (Wildman–Crippen LogP) is 0.886. The third kappa shape index (κ3) is 1.70. The summed E-state index contributed by atoms with van der Waals surface area (Å²) in [6, 6.07) is 0. The van der Waals surface area contributed by atoms with Crippen LogP contribution in [0.3, 0.4) is 0 Å². The molecule has 1 rings (SSSR count). The van der Waals surface area contributed by atoms with Gasteiger partial charge in [0.15, 0.2) is 0 Å². The average molecular weight is 143 g/mol. The predicted molar refractivity (Wildman–Crippen MR) is 41.6 cm³/mol. The zero-order valence-electron chi connectivity index (χ0n) is 6.64. The molecular formula is C8H17NO. The minimum absolute atomic E-state index is 0.428. The highest BCUT2D eigenvalue weighted by atomic mass is 16.3. The largest absolute Gasteiger partial charge is 0.389 e. The first-order chi connectivity index (χ1) is 4.66. The summed E-state index contributed by atoms with van der Waals surface area (Å²) in [7, 11) is 0. The van der Waals surface area contributed by atoms with Crippen LogP contribution in [-0.4, -0.2) is 17.3 Å². The lowest BCUT2D eigenvalue weighted by atomic mass is 9.79. The molecule has 10 heavy (non-hydrogen) atoms. The minimum atomic E-state index is -0.530. The Morgan fingerprint density at radius 1 is 1.70 bits per heavy atom. The highest BCUT2D eigenvalue weighted by Crippen LogP contribution is 2.30. The second kappa shape index (κ2) is 2.89. The number of rotatable bonds is 1. The molecule has 0 aromatic carbocycles. The van der Waals surface area contributed by atoms with Crippen molar-refractivity contribution < 1.29 is 5.11 Å². The maximum Gasteiger partial charge on any atom is 0.0772 e. The Hall–Kier alpha value is -0.0800. The molecule has 0 radical (unpaired) electrons. The van der Waals surface area contributed by atoms with Gasteiger partial charge >= 0.3 is 0 Å². The monoisotopic (exact) mass is 143 g/mol. The highest BCUT2D eigenvalue weighted by Gasteiger charge is 2.30. The first-order valence-electron chi connectivity index (χ1n) is 4.09. The third-order valence-corrected chi connectivity index (χ3v) is 2.45. The lowest BCUT2D eigenvalue weighted by molar-refractivity contribution is -0.00446. The number of hydrogen-bond acceptors (Lipinski definition) is 2. The molecule has 0 aromatic heterocycles. The van der Waals surface area contributed by atoms with Gasteiger partial charge in [-0.3, -0.25) is 0 Å². The van der Waals surface area contributed by atoms with E-state index in [0.29, 0.717) is 12.5 Å². The SMILES string of the molecule is C[C@H]1CCC[C@](O)(CN)C1. The number of hydrogen-bond donors (Lipinski definition) is 2. The second-order valence-electron chi connectivity index (χ2n) is 3.63. The van der Waals surface area contributed by atoms with Gasteiger partial charge in [-0.1, -0.05) is 19.8 Å². The van der Waals surface area contributed by atoms with Crippen molar-refractivity contribution in [3.8, 4) is 0 Å². The summed E-state index contributed by atoms with van der Waals surface area (Å²) in [5, 5.41) is 9.73. The van der Waals surface area contributed by atoms with Crippen LogP contribution in [0.15, 0.2) is 0 Å². The van der Waals surface area contributed by atoms with Crippen LogP contribution >= 0.6 is 0 Å². The Balaban J connectivity index is 2.45. The fourth-order valence-corrected chi connectivity index (χ4v) is 1.82. The van der Waals surface area contributed by atoms with E-state index in [4.69, 9.17) is 5.73 Å². The summed E-state index contributed by atoms with van der Waals surface area (Å²) in [4.78, 5) is 0.